The second kappa shape index (κ2) is 15.8. The Balaban J connectivity index is 0.947. The molecule has 3 fully saturated rings. The highest BCUT2D eigenvalue weighted by Crippen LogP contribution is 2.58. The zero-order chi connectivity index (χ0) is 40.6. The molecule has 0 radical (unpaired) electrons. The Labute approximate surface area is 335 Å². The minimum absolute atomic E-state index is 0.103. The number of benzene rings is 2. The number of nitrogens with zero attached hydrogens (tertiary/aromatic N) is 4. The van der Waals surface area contributed by atoms with E-state index in [2.05, 4.69) is 37.4 Å². The van der Waals surface area contributed by atoms with Gasteiger partial charge in [-0.15, -0.1) is 0 Å². The zero-order valence-electron chi connectivity index (χ0n) is 32.8. The number of rotatable bonds is 9. The molecule has 4 atom stereocenters. The van der Waals surface area contributed by atoms with Crippen molar-refractivity contribution in [2.24, 2.45) is 11.3 Å². The summed E-state index contributed by atoms with van der Waals surface area (Å²) in [6, 6.07) is 14.8. The van der Waals surface area contributed by atoms with E-state index in [0.29, 0.717) is 24.7 Å². The van der Waals surface area contributed by atoms with E-state index in [1.54, 1.807) is 23.2 Å². The van der Waals surface area contributed by atoms with Gasteiger partial charge in [-0.3, -0.25) is 9.59 Å². The van der Waals surface area contributed by atoms with Crippen molar-refractivity contribution >= 4 is 35.0 Å². The van der Waals surface area contributed by atoms with Gasteiger partial charge in [-0.05, 0) is 91.5 Å². The van der Waals surface area contributed by atoms with Crippen molar-refractivity contribution in [2.45, 2.75) is 70.1 Å². The van der Waals surface area contributed by atoms with Gasteiger partial charge in [0, 0.05) is 24.2 Å². The van der Waals surface area contributed by atoms with Crippen LogP contribution in [0.4, 0.5) is 9.59 Å². The van der Waals surface area contributed by atoms with Crippen LogP contribution >= 0.6 is 0 Å². The summed E-state index contributed by atoms with van der Waals surface area (Å²) in [5.74, 6) is 7.70. The monoisotopic (exact) mass is 786 g/mol. The van der Waals surface area contributed by atoms with Crippen molar-refractivity contribution in [3.05, 3.63) is 95.6 Å². The van der Waals surface area contributed by atoms with Gasteiger partial charge in [-0.2, -0.15) is 0 Å². The molecule has 300 valence electrons. The number of furan rings is 1. The number of amides is 4. The summed E-state index contributed by atoms with van der Waals surface area (Å²) in [7, 11) is 2.54. The average Bonchev–Trinajstić information content (AvgIpc) is 3.91. The van der Waals surface area contributed by atoms with Crippen molar-refractivity contribution in [1.82, 2.24) is 40.4 Å². The van der Waals surface area contributed by atoms with Gasteiger partial charge in [-0.25, -0.2) is 19.6 Å². The molecule has 8 rings (SSSR count). The molecule has 0 unspecified atom stereocenters. The maximum atomic E-state index is 13.9. The summed E-state index contributed by atoms with van der Waals surface area (Å²) in [5.41, 5.74) is 5.10. The number of carbonyl (C=O) groups excluding carboxylic acids is 4. The van der Waals surface area contributed by atoms with Gasteiger partial charge in [0.15, 0.2) is 6.04 Å². The highest BCUT2D eigenvalue weighted by atomic mass is 16.5. The molecule has 4 amide bonds. The number of methoxy groups -OCH3 is 2. The Morgan fingerprint density at radius 1 is 0.897 bits per heavy atom. The van der Waals surface area contributed by atoms with Crippen molar-refractivity contribution in [1.29, 1.82) is 0 Å². The van der Waals surface area contributed by atoms with Crippen molar-refractivity contribution in [3.63, 3.8) is 0 Å². The lowest BCUT2D eigenvalue weighted by Crippen LogP contribution is -2.51. The number of fused-ring (bicyclic) bond motifs is 1. The molecule has 1 aliphatic carbocycles. The van der Waals surface area contributed by atoms with Gasteiger partial charge in [-0.1, -0.05) is 37.8 Å². The zero-order valence-corrected chi connectivity index (χ0v) is 32.8. The van der Waals surface area contributed by atoms with Crippen LogP contribution in [0.2, 0.25) is 0 Å². The first-order chi connectivity index (χ1) is 28.0. The molecule has 5 aromatic rings. The van der Waals surface area contributed by atoms with E-state index < -0.39 is 24.3 Å². The van der Waals surface area contributed by atoms with Gasteiger partial charge in [0.1, 0.15) is 23.5 Å². The Hall–Kier alpha value is -6.56. The molecule has 15 heteroatoms. The predicted molar refractivity (Wildman–Crippen MR) is 212 cm³/mol. The van der Waals surface area contributed by atoms with E-state index in [4.69, 9.17) is 18.9 Å². The van der Waals surface area contributed by atoms with Crippen LogP contribution in [0.15, 0.2) is 71.5 Å². The van der Waals surface area contributed by atoms with Crippen LogP contribution < -0.4 is 10.6 Å². The molecule has 15 nitrogen and oxygen atoms in total. The second-order valence-corrected chi connectivity index (χ2v) is 15.7. The molecule has 5 heterocycles. The number of aromatic amines is 2. The van der Waals surface area contributed by atoms with Crippen molar-refractivity contribution in [2.75, 3.05) is 27.3 Å². The van der Waals surface area contributed by atoms with Crippen molar-refractivity contribution in [3.8, 4) is 23.1 Å². The Morgan fingerprint density at radius 3 is 2.34 bits per heavy atom. The third-order valence-electron chi connectivity index (χ3n) is 11.5. The van der Waals surface area contributed by atoms with Crippen LogP contribution in [0.5, 0.6) is 0 Å². The number of alkyl carbamates (subject to hydrolysis) is 2. The lowest BCUT2D eigenvalue weighted by Gasteiger charge is -2.30. The Bertz CT molecular complexity index is 2390. The standard InChI is InChI=1S/C43H46N8O7/c1-25(2)35(48-41(54)56-3)39(52)51-24-43(17-18-43)22-33(51)38-45-29-16-13-27(21-30(29)46-38)10-9-26-11-14-28(15-12-26)31-23-44-37(47-31)32-7-5-19-50(32)40(53)36(49-42(55)57-4)34-8-6-20-58-34/h6,8,11-16,20-21,23,25,32-33,35-36H,5,7,17-19,22,24H2,1-4H3,(H,44,47)(H,45,46)(H,48,54)(H,49,55)/t32-,33-,35-,36+/m0/s1. The largest absolute Gasteiger partial charge is 0.467 e. The predicted octanol–water partition coefficient (Wildman–Crippen LogP) is 6.14. The SMILES string of the molecule is COC(=O)N[C@H](C(=O)N1CC2(CC2)C[C@H]1c1nc2ccc(C#Cc3ccc(-c4cnc([C@@H]5CCCN5C(=O)[C@H](NC(=O)OC)c5ccco5)[nH]4)cc3)cc2[nH]1)C(C)C. The van der Waals surface area contributed by atoms with Gasteiger partial charge in [0.2, 0.25) is 5.91 Å². The van der Waals surface area contributed by atoms with E-state index in [1.807, 2.05) is 61.2 Å². The fourth-order valence-corrected chi connectivity index (χ4v) is 8.11. The van der Waals surface area contributed by atoms with Crippen LogP contribution in [0.1, 0.15) is 92.6 Å². The Kier molecular flexibility index (Phi) is 10.4. The number of carbonyl (C=O) groups is 4. The number of imidazole rings is 2. The van der Waals surface area contributed by atoms with E-state index in [-0.39, 0.29) is 35.2 Å². The number of nitrogens with one attached hydrogen (secondary N) is 4. The summed E-state index contributed by atoms with van der Waals surface area (Å²) in [6.45, 7) is 4.98. The fraction of sp³-hybridized carbons (Fsp3) is 0.395. The molecule has 3 aliphatic rings. The molecular formula is C43H46N8O7. The third-order valence-corrected chi connectivity index (χ3v) is 11.5. The summed E-state index contributed by atoms with van der Waals surface area (Å²) in [4.78, 5) is 71.8. The van der Waals surface area contributed by atoms with E-state index in [0.717, 1.165) is 71.3 Å². The number of aromatic nitrogens is 4. The molecule has 1 saturated carbocycles. The minimum Gasteiger partial charge on any atom is -0.467 e. The third kappa shape index (κ3) is 7.74. The maximum absolute atomic E-state index is 13.9. The first-order valence-corrected chi connectivity index (χ1v) is 19.5. The molecule has 0 bridgehead atoms. The molecule has 2 aromatic carbocycles. The molecule has 1 spiro atoms. The van der Waals surface area contributed by atoms with Crippen LogP contribution in [-0.4, -0.2) is 87.1 Å². The number of ether oxygens (including phenoxy) is 2. The normalized spacial score (nSPS) is 19.1. The summed E-state index contributed by atoms with van der Waals surface area (Å²) in [6.07, 6.45) is 6.34. The maximum Gasteiger partial charge on any atom is 0.407 e. The first-order valence-electron chi connectivity index (χ1n) is 19.5. The number of hydrogen-bond acceptors (Lipinski definition) is 9. The van der Waals surface area contributed by atoms with Crippen molar-refractivity contribution < 1.29 is 33.1 Å². The second-order valence-electron chi connectivity index (χ2n) is 15.7. The van der Waals surface area contributed by atoms with Crippen LogP contribution in [0.3, 0.4) is 0 Å². The molecule has 3 aromatic heterocycles. The topological polar surface area (TPSA) is 188 Å². The molecule has 2 aliphatic heterocycles. The van der Waals surface area contributed by atoms with Gasteiger partial charge in [0.25, 0.3) is 5.91 Å². The molecule has 4 N–H and O–H groups in total. The lowest BCUT2D eigenvalue weighted by atomic mass is 10.0. The Morgan fingerprint density at radius 2 is 1.64 bits per heavy atom. The van der Waals surface area contributed by atoms with E-state index in [1.165, 1.54) is 20.5 Å². The highest BCUT2D eigenvalue weighted by Gasteiger charge is 2.55. The number of likely N-dealkylation sites (tertiary alicyclic amines) is 2. The smallest absolute Gasteiger partial charge is 0.407 e. The lowest BCUT2D eigenvalue weighted by molar-refractivity contribution is -0.136. The van der Waals surface area contributed by atoms with Crippen LogP contribution in [0.25, 0.3) is 22.3 Å². The van der Waals surface area contributed by atoms with Gasteiger partial charge >= 0.3 is 12.2 Å². The van der Waals surface area contributed by atoms with Crippen LogP contribution in [-0.2, 0) is 19.1 Å². The molecular weight excluding hydrogens is 741 g/mol. The summed E-state index contributed by atoms with van der Waals surface area (Å²) >= 11 is 0. The highest BCUT2D eigenvalue weighted by molar-refractivity contribution is 5.88. The number of H-pyrrole nitrogens is 2. The van der Waals surface area contributed by atoms with Gasteiger partial charge < -0.3 is 44.3 Å². The number of hydrogen-bond donors (Lipinski definition) is 4. The van der Waals surface area contributed by atoms with Crippen LogP contribution in [0, 0.1) is 23.2 Å². The van der Waals surface area contributed by atoms with E-state index >= 15 is 0 Å². The molecule has 2 saturated heterocycles. The summed E-state index contributed by atoms with van der Waals surface area (Å²) < 4.78 is 15.0. The average molecular weight is 787 g/mol. The first kappa shape index (κ1) is 38.3. The van der Waals surface area contributed by atoms with Gasteiger partial charge in [0.05, 0.1) is 55.5 Å². The quantitative estimate of drug-likeness (QED) is 0.127. The summed E-state index contributed by atoms with van der Waals surface area (Å²) in [5, 5.41) is 5.33. The molecule has 58 heavy (non-hydrogen) atoms. The fourth-order valence-electron chi connectivity index (χ4n) is 8.11. The van der Waals surface area contributed by atoms with E-state index in [9.17, 15) is 19.2 Å². The minimum atomic E-state index is -1.03.